The summed E-state index contributed by atoms with van der Waals surface area (Å²) in [4.78, 5) is 40.4. The molecule has 0 spiro atoms. The Hall–Kier alpha value is -3.85. The van der Waals surface area contributed by atoms with Gasteiger partial charge in [-0.3, -0.25) is 14.4 Å². The van der Waals surface area contributed by atoms with Crippen LogP contribution in [0, 0.1) is 0 Å². The second kappa shape index (κ2) is 10.2. The molecule has 4 aromatic rings. The number of hydrogen-bond acceptors (Lipinski definition) is 6. The van der Waals surface area contributed by atoms with Gasteiger partial charge in [0.25, 0.3) is 5.56 Å². The van der Waals surface area contributed by atoms with Crippen LogP contribution in [0.1, 0.15) is 18.9 Å². The van der Waals surface area contributed by atoms with Gasteiger partial charge >= 0.3 is 0 Å². The highest BCUT2D eigenvalue weighted by atomic mass is 32.1. The first-order valence-corrected chi connectivity index (χ1v) is 11.4. The number of hydrogen-bond donors (Lipinski definition) is 2. The van der Waals surface area contributed by atoms with Crippen molar-refractivity contribution in [3.8, 4) is 11.3 Å². The fourth-order valence-electron chi connectivity index (χ4n) is 3.40. The molecule has 0 saturated carbocycles. The van der Waals surface area contributed by atoms with Crippen molar-refractivity contribution in [3.63, 3.8) is 0 Å². The van der Waals surface area contributed by atoms with Crippen molar-refractivity contribution in [2.75, 3.05) is 11.9 Å². The summed E-state index contributed by atoms with van der Waals surface area (Å²) in [6.07, 6.45) is 3.33. The number of carbonyl (C=O) groups excluding carboxylic acids is 2. The molecule has 2 N–H and O–H groups in total. The highest BCUT2D eigenvalue weighted by Crippen LogP contribution is 2.25. The minimum Gasteiger partial charge on any atom is -0.356 e. The number of aromatic nitrogens is 3. The molecule has 4 rings (SSSR count). The summed E-state index contributed by atoms with van der Waals surface area (Å²) >= 11 is 1.32. The van der Waals surface area contributed by atoms with Crippen molar-refractivity contribution in [1.82, 2.24) is 20.1 Å². The molecule has 33 heavy (non-hydrogen) atoms. The van der Waals surface area contributed by atoms with Crippen molar-refractivity contribution in [2.24, 2.45) is 0 Å². The number of nitrogens with one attached hydrogen (secondary N) is 2. The van der Waals surface area contributed by atoms with E-state index in [0.29, 0.717) is 17.1 Å². The SMILES string of the molecule is CC(=O)NCCCc1ccc(-c2csc(NC(=O)Cn3ncc4ccccc4c3=O)n2)cc1. The number of thiazole rings is 1. The van der Waals surface area contributed by atoms with E-state index in [1.54, 1.807) is 18.3 Å². The molecule has 0 saturated heterocycles. The van der Waals surface area contributed by atoms with Crippen LogP contribution in [0.4, 0.5) is 5.13 Å². The Morgan fingerprint density at radius 2 is 1.88 bits per heavy atom. The van der Waals surface area contributed by atoms with Gasteiger partial charge in [0, 0.05) is 29.8 Å². The van der Waals surface area contributed by atoms with Crippen molar-refractivity contribution >= 4 is 39.1 Å². The number of rotatable bonds is 8. The zero-order valence-corrected chi connectivity index (χ0v) is 18.9. The summed E-state index contributed by atoms with van der Waals surface area (Å²) in [5.74, 6) is -0.382. The molecule has 0 bridgehead atoms. The molecule has 0 fully saturated rings. The Bertz CT molecular complexity index is 1340. The summed E-state index contributed by atoms with van der Waals surface area (Å²) in [5.41, 5.74) is 2.59. The molecular weight excluding hydrogens is 438 g/mol. The van der Waals surface area contributed by atoms with Crippen LogP contribution in [0.25, 0.3) is 22.0 Å². The van der Waals surface area contributed by atoms with Gasteiger partial charge in [0.05, 0.1) is 17.3 Å². The van der Waals surface area contributed by atoms with Gasteiger partial charge in [0.1, 0.15) is 6.54 Å². The molecule has 2 aromatic heterocycles. The summed E-state index contributed by atoms with van der Waals surface area (Å²) in [6.45, 7) is 1.98. The van der Waals surface area contributed by atoms with Crippen LogP contribution in [-0.2, 0) is 22.6 Å². The Labute approximate surface area is 194 Å². The van der Waals surface area contributed by atoms with Gasteiger partial charge in [-0.25, -0.2) is 9.67 Å². The third kappa shape index (κ3) is 5.69. The van der Waals surface area contributed by atoms with E-state index in [9.17, 15) is 14.4 Å². The molecule has 0 radical (unpaired) electrons. The molecule has 0 aliphatic heterocycles. The topological polar surface area (TPSA) is 106 Å². The second-order valence-corrected chi connectivity index (χ2v) is 8.42. The molecular formula is C24H23N5O3S. The first kappa shape index (κ1) is 22.3. The maximum absolute atomic E-state index is 12.5. The monoisotopic (exact) mass is 461 g/mol. The quantitative estimate of drug-likeness (QED) is 0.392. The summed E-state index contributed by atoms with van der Waals surface area (Å²) in [7, 11) is 0. The maximum atomic E-state index is 12.5. The van der Waals surface area contributed by atoms with Gasteiger partial charge in [-0.15, -0.1) is 11.3 Å². The summed E-state index contributed by atoms with van der Waals surface area (Å²) in [5, 5.41) is 13.2. The molecule has 0 aliphatic rings. The van der Waals surface area contributed by atoms with E-state index in [1.165, 1.54) is 23.8 Å². The van der Waals surface area contributed by atoms with Crippen LogP contribution in [0.2, 0.25) is 0 Å². The van der Waals surface area contributed by atoms with E-state index in [-0.39, 0.29) is 23.9 Å². The standard InChI is InChI=1S/C24H23N5O3S/c1-16(30)25-12-4-5-17-8-10-18(11-9-17)21-15-33-24(27-21)28-22(31)14-29-23(32)20-7-3-2-6-19(20)13-26-29/h2-3,6-11,13,15H,4-5,12,14H2,1H3,(H,25,30)(H,27,28,31). The predicted octanol–water partition coefficient (Wildman–Crippen LogP) is 3.23. The Morgan fingerprint density at radius 3 is 2.67 bits per heavy atom. The van der Waals surface area contributed by atoms with E-state index >= 15 is 0 Å². The van der Waals surface area contributed by atoms with Crippen LogP contribution in [0.15, 0.2) is 64.9 Å². The third-order valence-electron chi connectivity index (χ3n) is 5.07. The van der Waals surface area contributed by atoms with Crippen LogP contribution in [0.3, 0.4) is 0 Å². The van der Waals surface area contributed by atoms with E-state index < -0.39 is 0 Å². The van der Waals surface area contributed by atoms with Crippen LogP contribution < -0.4 is 16.2 Å². The number of anilines is 1. The first-order chi connectivity index (χ1) is 16.0. The van der Waals surface area contributed by atoms with Crippen molar-refractivity contribution in [1.29, 1.82) is 0 Å². The molecule has 2 aromatic carbocycles. The van der Waals surface area contributed by atoms with E-state index in [1.807, 2.05) is 41.8 Å². The number of benzene rings is 2. The van der Waals surface area contributed by atoms with Gasteiger partial charge in [0.2, 0.25) is 11.8 Å². The van der Waals surface area contributed by atoms with E-state index in [0.717, 1.165) is 34.2 Å². The lowest BCUT2D eigenvalue weighted by Gasteiger charge is -2.06. The summed E-state index contributed by atoms with van der Waals surface area (Å²) < 4.78 is 1.15. The van der Waals surface area contributed by atoms with Crippen molar-refractivity contribution in [2.45, 2.75) is 26.3 Å². The Balaban J connectivity index is 1.36. The fraction of sp³-hybridized carbons (Fsp3) is 0.208. The lowest BCUT2D eigenvalue weighted by Crippen LogP contribution is -2.29. The number of nitrogens with zero attached hydrogens (tertiary/aromatic N) is 3. The lowest BCUT2D eigenvalue weighted by atomic mass is 10.1. The second-order valence-electron chi connectivity index (χ2n) is 7.56. The largest absolute Gasteiger partial charge is 0.356 e. The Kier molecular flexibility index (Phi) is 6.89. The lowest BCUT2D eigenvalue weighted by molar-refractivity contribution is -0.119. The molecule has 8 nitrogen and oxygen atoms in total. The minimum atomic E-state index is -0.365. The fourth-order valence-corrected chi connectivity index (χ4v) is 4.13. The van der Waals surface area contributed by atoms with Gasteiger partial charge in [-0.05, 0) is 24.5 Å². The molecule has 2 heterocycles. The Morgan fingerprint density at radius 1 is 1.09 bits per heavy atom. The van der Waals surface area contributed by atoms with Gasteiger partial charge in [-0.1, -0.05) is 42.5 Å². The van der Waals surface area contributed by atoms with Crippen LogP contribution in [0.5, 0.6) is 0 Å². The first-order valence-electron chi connectivity index (χ1n) is 10.5. The molecule has 0 aliphatic carbocycles. The van der Waals surface area contributed by atoms with Crippen LogP contribution >= 0.6 is 11.3 Å². The molecule has 9 heteroatoms. The average Bonchev–Trinajstić information content (AvgIpc) is 3.27. The number of carbonyl (C=O) groups is 2. The zero-order chi connectivity index (χ0) is 23.2. The zero-order valence-electron chi connectivity index (χ0n) is 18.1. The van der Waals surface area contributed by atoms with Crippen LogP contribution in [-0.4, -0.2) is 33.1 Å². The van der Waals surface area contributed by atoms with Gasteiger partial charge in [0.15, 0.2) is 5.13 Å². The number of amides is 2. The minimum absolute atomic E-state index is 0.0163. The molecule has 0 atom stereocenters. The smallest absolute Gasteiger partial charge is 0.275 e. The van der Waals surface area contributed by atoms with E-state index in [4.69, 9.17) is 0 Å². The van der Waals surface area contributed by atoms with Gasteiger partial charge in [-0.2, -0.15) is 5.10 Å². The normalized spacial score (nSPS) is 10.8. The van der Waals surface area contributed by atoms with Crippen molar-refractivity contribution < 1.29 is 9.59 Å². The number of fused-ring (bicyclic) bond motifs is 1. The van der Waals surface area contributed by atoms with E-state index in [2.05, 4.69) is 20.7 Å². The van der Waals surface area contributed by atoms with Gasteiger partial charge < -0.3 is 10.6 Å². The predicted molar refractivity (Wildman–Crippen MR) is 129 cm³/mol. The maximum Gasteiger partial charge on any atom is 0.275 e. The average molecular weight is 462 g/mol. The summed E-state index contributed by atoms with van der Waals surface area (Å²) in [6, 6.07) is 15.2. The number of aryl methyl sites for hydroxylation is 1. The third-order valence-corrected chi connectivity index (χ3v) is 5.83. The molecule has 0 unspecified atom stereocenters. The molecule has 2 amide bonds. The highest BCUT2D eigenvalue weighted by molar-refractivity contribution is 7.14. The van der Waals surface area contributed by atoms with Crippen molar-refractivity contribution in [3.05, 3.63) is 76.0 Å². The molecule has 168 valence electrons. The highest BCUT2D eigenvalue weighted by Gasteiger charge is 2.11.